The predicted molar refractivity (Wildman–Crippen MR) is 68.3 cm³/mol. The molecule has 1 saturated heterocycles. The Balaban J connectivity index is 2.16. The summed E-state index contributed by atoms with van der Waals surface area (Å²) >= 11 is 0. The molecule has 0 saturated carbocycles. The first kappa shape index (κ1) is 15.1. The van der Waals surface area contributed by atoms with Crippen molar-refractivity contribution in [2.75, 3.05) is 20.1 Å². The number of nitrogens with zero attached hydrogens (tertiary/aromatic N) is 2. The summed E-state index contributed by atoms with van der Waals surface area (Å²) in [5.74, 6) is 0.0110. The van der Waals surface area contributed by atoms with E-state index in [1.54, 1.807) is 0 Å². The molecule has 1 aromatic rings. The highest BCUT2D eigenvalue weighted by molar-refractivity contribution is 5.29. The van der Waals surface area contributed by atoms with Crippen LogP contribution in [0.1, 0.15) is 24.1 Å². The highest BCUT2D eigenvalue weighted by Crippen LogP contribution is 2.31. The molecule has 20 heavy (non-hydrogen) atoms. The third-order valence-corrected chi connectivity index (χ3v) is 3.39. The van der Waals surface area contributed by atoms with Gasteiger partial charge in [-0.3, -0.25) is 0 Å². The third kappa shape index (κ3) is 3.61. The molecule has 1 aliphatic heterocycles. The van der Waals surface area contributed by atoms with E-state index in [0.29, 0.717) is 5.56 Å². The Hall–Kier alpha value is -1.34. The second-order valence-corrected chi connectivity index (χ2v) is 4.98. The molecule has 112 valence electrons. The molecule has 4 nitrogen and oxygen atoms in total. The van der Waals surface area contributed by atoms with Gasteiger partial charge in [-0.15, -0.1) is 0 Å². The van der Waals surface area contributed by atoms with Gasteiger partial charge in [-0.25, -0.2) is 4.98 Å². The summed E-state index contributed by atoms with van der Waals surface area (Å²) < 4.78 is 43.7. The average molecular weight is 289 g/mol. The van der Waals surface area contributed by atoms with Crippen LogP contribution in [0.25, 0.3) is 0 Å². The Kier molecular flexibility index (Phi) is 4.49. The lowest BCUT2D eigenvalue weighted by molar-refractivity contribution is -0.141. The normalized spacial score (nSPS) is 18.2. The fourth-order valence-corrected chi connectivity index (χ4v) is 2.15. The molecule has 0 atom stereocenters. The van der Waals surface area contributed by atoms with Crippen molar-refractivity contribution in [2.24, 2.45) is 5.73 Å². The van der Waals surface area contributed by atoms with Gasteiger partial charge in [0.2, 0.25) is 5.88 Å². The molecule has 0 aromatic carbocycles. The maximum Gasteiger partial charge on any atom is 0.433 e. The van der Waals surface area contributed by atoms with Crippen molar-refractivity contribution < 1.29 is 17.9 Å². The number of hydrogen-bond donors (Lipinski definition) is 1. The van der Waals surface area contributed by atoms with Crippen LogP contribution in [-0.2, 0) is 12.7 Å². The molecule has 1 aromatic heterocycles. The van der Waals surface area contributed by atoms with Crippen molar-refractivity contribution in [2.45, 2.75) is 31.7 Å². The van der Waals surface area contributed by atoms with Gasteiger partial charge < -0.3 is 15.4 Å². The number of piperidine rings is 1. The zero-order chi connectivity index (χ0) is 14.8. The van der Waals surface area contributed by atoms with Crippen LogP contribution in [0.5, 0.6) is 5.88 Å². The van der Waals surface area contributed by atoms with Crippen LogP contribution in [0.2, 0.25) is 0 Å². The van der Waals surface area contributed by atoms with Gasteiger partial charge in [0.25, 0.3) is 0 Å². The molecule has 0 bridgehead atoms. The molecule has 0 amide bonds. The fraction of sp³-hybridized carbons (Fsp3) is 0.615. The van der Waals surface area contributed by atoms with Gasteiger partial charge in [0, 0.05) is 25.2 Å². The maximum atomic E-state index is 12.7. The third-order valence-electron chi connectivity index (χ3n) is 3.39. The summed E-state index contributed by atoms with van der Waals surface area (Å²) in [5, 5.41) is 0. The van der Waals surface area contributed by atoms with E-state index in [4.69, 9.17) is 10.5 Å². The van der Waals surface area contributed by atoms with Crippen molar-refractivity contribution >= 4 is 0 Å². The van der Waals surface area contributed by atoms with Crippen LogP contribution in [-0.4, -0.2) is 36.1 Å². The fourth-order valence-electron chi connectivity index (χ4n) is 2.15. The van der Waals surface area contributed by atoms with E-state index in [9.17, 15) is 13.2 Å². The van der Waals surface area contributed by atoms with Crippen LogP contribution in [0.3, 0.4) is 0 Å². The van der Waals surface area contributed by atoms with Crippen LogP contribution in [0.4, 0.5) is 13.2 Å². The van der Waals surface area contributed by atoms with Crippen LogP contribution < -0.4 is 10.5 Å². The van der Waals surface area contributed by atoms with Crippen molar-refractivity contribution in [1.29, 1.82) is 0 Å². The maximum absolute atomic E-state index is 12.7. The Morgan fingerprint density at radius 3 is 2.55 bits per heavy atom. The molecule has 7 heteroatoms. The summed E-state index contributed by atoms with van der Waals surface area (Å²) in [6.07, 6.45) is -3.03. The highest BCUT2D eigenvalue weighted by atomic mass is 19.4. The highest BCUT2D eigenvalue weighted by Gasteiger charge is 2.33. The van der Waals surface area contributed by atoms with E-state index in [0.717, 1.165) is 32.0 Å². The average Bonchev–Trinajstić information content (AvgIpc) is 2.40. The van der Waals surface area contributed by atoms with E-state index in [1.165, 1.54) is 6.07 Å². The molecule has 0 spiro atoms. The predicted octanol–water partition coefficient (Wildman–Crippen LogP) is 2.03. The lowest BCUT2D eigenvalue weighted by Crippen LogP contribution is -2.36. The number of halogens is 3. The second-order valence-electron chi connectivity index (χ2n) is 4.98. The number of rotatable bonds is 3. The largest absolute Gasteiger partial charge is 0.474 e. The Morgan fingerprint density at radius 1 is 1.35 bits per heavy atom. The number of pyridine rings is 1. The smallest absolute Gasteiger partial charge is 0.433 e. The minimum absolute atomic E-state index is 0.0110. The van der Waals surface area contributed by atoms with Crippen molar-refractivity contribution in [1.82, 2.24) is 9.88 Å². The molecule has 0 unspecified atom stereocenters. The molecule has 0 radical (unpaired) electrons. The summed E-state index contributed by atoms with van der Waals surface area (Å²) in [6.45, 7) is 1.83. The van der Waals surface area contributed by atoms with E-state index >= 15 is 0 Å². The van der Waals surface area contributed by atoms with Crippen LogP contribution in [0, 0.1) is 0 Å². The van der Waals surface area contributed by atoms with Gasteiger partial charge in [-0.1, -0.05) is 6.07 Å². The number of likely N-dealkylation sites (tertiary alicyclic amines) is 1. The first-order valence-corrected chi connectivity index (χ1v) is 6.52. The topological polar surface area (TPSA) is 51.4 Å². The summed E-state index contributed by atoms with van der Waals surface area (Å²) in [5.41, 5.74) is 5.08. The number of nitrogens with two attached hydrogens (primary N) is 1. The Morgan fingerprint density at radius 2 is 2.00 bits per heavy atom. The Labute approximate surface area is 115 Å². The first-order chi connectivity index (χ1) is 9.40. The van der Waals surface area contributed by atoms with Crippen molar-refractivity contribution in [3.8, 4) is 5.88 Å². The van der Waals surface area contributed by atoms with E-state index in [2.05, 4.69) is 9.88 Å². The van der Waals surface area contributed by atoms with Gasteiger partial charge in [-0.2, -0.15) is 13.2 Å². The number of aromatic nitrogens is 1. The molecule has 0 aliphatic carbocycles. The minimum atomic E-state index is -4.47. The summed E-state index contributed by atoms with van der Waals surface area (Å²) in [6, 6.07) is 2.27. The van der Waals surface area contributed by atoms with Gasteiger partial charge in [0.1, 0.15) is 11.8 Å². The quantitative estimate of drug-likeness (QED) is 0.925. The Bertz CT molecular complexity index is 457. The lowest BCUT2D eigenvalue weighted by Gasteiger charge is -2.29. The first-order valence-electron chi connectivity index (χ1n) is 6.52. The summed E-state index contributed by atoms with van der Waals surface area (Å²) in [7, 11) is 2.00. The van der Waals surface area contributed by atoms with Gasteiger partial charge >= 0.3 is 6.18 Å². The standard InChI is InChI=1S/C13H18F3N3O/c1-19-6-4-10(5-7-19)20-12-9(8-17)2-3-11(18-12)13(14,15)16/h2-3,10H,4-8,17H2,1H3. The number of ether oxygens (including phenoxy) is 1. The SMILES string of the molecule is CN1CCC(Oc2nc(C(F)(F)F)ccc2CN)CC1. The molecule has 2 heterocycles. The number of alkyl halides is 3. The van der Waals surface area contributed by atoms with Crippen molar-refractivity contribution in [3.63, 3.8) is 0 Å². The van der Waals surface area contributed by atoms with Crippen molar-refractivity contribution in [3.05, 3.63) is 23.4 Å². The molecule has 2 N–H and O–H groups in total. The zero-order valence-corrected chi connectivity index (χ0v) is 11.3. The van der Waals surface area contributed by atoms with Gasteiger partial charge in [-0.05, 0) is 26.0 Å². The van der Waals surface area contributed by atoms with E-state index in [-0.39, 0.29) is 18.5 Å². The summed E-state index contributed by atoms with van der Waals surface area (Å²) in [4.78, 5) is 5.74. The van der Waals surface area contributed by atoms with E-state index < -0.39 is 11.9 Å². The van der Waals surface area contributed by atoms with Gasteiger partial charge in [0.05, 0.1) is 0 Å². The molecule has 1 aliphatic rings. The molecule has 2 rings (SSSR count). The second kappa shape index (κ2) is 5.97. The van der Waals surface area contributed by atoms with Gasteiger partial charge in [0.15, 0.2) is 0 Å². The molecular formula is C13H18F3N3O. The molecule has 1 fully saturated rings. The minimum Gasteiger partial charge on any atom is -0.474 e. The van der Waals surface area contributed by atoms with Crippen LogP contribution >= 0.6 is 0 Å². The zero-order valence-electron chi connectivity index (χ0n) is 11.3. The lowest BCUT2D eigenvalue weighted by atomic mass is 10.1. The number of hydrogen-bond acceptors (Lipinski definition) is 4. The van der Waals surface area contributed by atoms with E-state index in [1.807, 2.05) is 7.05 Å². The monoisotopic (exact) mass is 289 g/mol. The molecular weight excluding hydrogens is 271 g/mol. The van der Waals surface area contributed by atoms with Crippen LogP contribution in [0.15, 0.2) is 12.1 Å².